The molecule has 3 unspecified atom stereocenters. The molecule has 0 aliphatic carbocycles. The van der Waals surface area contributed by atoms with Gasteiger partial charge in [0, 0.05) is 26.2 Å². The Morgan fingerprint density at radius 1 is 1.17 bits per heavy atom. The summed E-state index contributed by atoms with van der Waals surface area (Å²) in [5.74, 6) is 2.10. The molecule has 1 saturated heterocycles. The second-order valence-electron chi connectivity index (χ2n) is 8.99. The number of benzene rings is 2. The van der Waals surface area contributed by atoms with E-state index in [4.69, 9.17) is 31.2 Å². The third-order valence-electron chi connectivity index (χ3n) is 6.70. The number of nitrogens with zero attached hydrogens (tertiary/aromatic N) is 2. The Labute approximate surface area is 212 Å². The van der Waals surface area contributed by atoms with E-state index < -0.39 is 11.6 Å². The first-order chi connectivity index (χ1) is 16.7. The minimum atomic E-state index is -1.01. The van der Waals surface area contributed by atoms with E-state index in [1.807, 2.05) is 55.1 Å². The van der Waals surface area contributed by atoms with Gasteiger partial charge in [-0.1, -0.05) is 18.2 Å². The van der Waals surface area contributed by atoms with Crippen molar-refractivity contribution in [2.24, 2.45) is 5.92 Å². The summed E-state index contributed by atoms with van der Waals surface area (Å²) in [4.78, 5) is 17.1. The molecular weight excluding hydrogens is 466 g/mol. The van der Waals surface area contributed by atoms with Gasteiger partial charge in [-0.15, -0.1) is 0 Å². The molecule has 35 heavy (non-hydrogen) atoms. The molecular formula is C26H33N3O5S. The minimum Gasteiger partial charge on any atom is -0.493 e. The zero-order valence-electron chi connectivity index (χ0n) is 21.1. The van der Waals surface area contributed by atoms with Crippen LogP contribution in [0, 0.1) is 5.92 Å². The Hall–Kier alpha value is -3.20. The lowest BCUT2D eigenvalue weighted by Gasteiger charge is -2.56. The van der Waals surface area contributed by atoms with Crippen molar-refractivity contribution in [2.45, 2.75) is 32.0 Å². The van der Waals surface area contributed by atoms with Crippen LogP contribution in [-0.4, -0.2) is 68.0 Å². The Bertz CT molecular complexity index is 1120. The van der Waals surface area contributed by atoms with Crippen molar-refractivity contribution in [3.8, 4) is 23.0 Å². The number of ether oxygens (including phenoxy) is 4. The monoisotopic (exact) mass is 499 g/mol. The molecule has 9 heteroatoms. The van der Waals surface area contributed by atoms with Crippen LogP contribution in [0.4, 0.5) is 0 Å². The average molecular weight is 500 g/mol. The van der Waals surface area contributed by atoms with Gasteiger partial charge in [0.1, 0.15) is 5.92 Å². The molecule has 0 aromatic heterocycles. The summed E-state index contributed by atoms with van der Waals surface area (Å²) in [5.41, 5.74) is 0.916. The number of amides is 1. The molecule has 2 heterocycles. The fourth-order valence-corrected chi connectivity index (χ4v) is 5.36. The molecule has 1 amide bonds. The van der Waals surface area contributed by atoms with Gasteiger partial charge < -0.3 is 34.1 Å². The molecule has 8 nitrogen and oxygen atoms in total. The number of fused-ring (bicyclic) bond motifs is 4. The maximum atomic E-state index is 13.5. The zero-order valence-corrected chi connectivity index (χ0v) is 21.9. The summed E-state index contributed by atoms with van der Waals surface area (Å²) < 4.78 is 23.4. The molecule has 0 spiro atoms. The number of thiocarbonyl (C=S) groups is 1. The molecule has 2 aromatic rings. The number of para-hydroxylation sites is 1. The van der Waals surface area contributed by atoms with Gasteiger partial charge in [0.2, 0.25) is 5.91 Å². The molecule has 1 fully saturated rings. The van der Waals surface area contributed by atoms with E-state index in [1.54, 1.807) is 33.2 Å². The van der Waals surface area contributed by atoms with Crippen molar-refractivity contribution in [1.29, 1.82) is 0 Å². The molecule has 1 N–H and O–H groups in total. The number of carbonyl (C=O) groups excluding carboxylic acids is 1. The van der Waals surface area contributed by atoms with Crippen LogP contribution >= 0.6 is 12.2 Å². The number of methoxy groups -OCH3 is 2. The van der Waals surface area contributed by atoms with Gasteiger partial charge in [0.15, 0.2) is 33.8 Å². The highest BCUT2D eigenvalue weighted by molar-refractivity contribution is 7.80. The van der Waals surface area contributed by atoms with Crippen molar-refractivity contribution in [3.05, 3.63) is 47.5 Å². The van der Waals surface area contributed by atoms with Crippen LogP contribution < -0.4 is 24.3 Å². The lowest BCUT2D eigenvalue weighted by Crippen LogP contribution is -2.72. The first-order valence-corrected chi connectivity index (χ1v) is 12.1. The highest BCUT2D eigenvalue weighted by Gasteiger charge is 2.59. The standard InChI is InChI=1S/C26H33N3O5S/c1-7-33-19-10-8-9-17-22-21(24(30)28(3)4)26(2,34-23(17)19)29(25(35)27-22)14-13-16-11-12-18(31-5)20(15-16)32-6/h8-12,15,21-22H,7,13-14H2,1-6H3,(H,27,35). The van der Waals surface area contributed by atoms with Gasteiger partial charge in [-0.2, -0.15) is 0 Å². The van der Waals surface area contributed by atoms with Crippen molar-refractivity contribution in [3.63, 3.8) is 0 Å². The summed E-state index contributed by atoms with van der Waals surface area (Å²) in [6.45, 7) is 4.93. The van der Waals surface area contributed by atoms with Gasteiger partial charge in [0.05, 0.1) is 26.9 Å². The summed E-state index contributed by atoms with van der Waals surface area (Å²) in [5, 5.41) is 3.99. The van der Waals surface area contributed by atoms with Crippen LogP contribution in [0.15, 0.2) is 36.4 Å². The molecule has 0 radical (unpaired) electrons. The lowest BCUT2D eigenvalue weighted by molar-refractivity contribution is -0.161. The second-order valence-corrected chi connectivity index (χ2v) is 9.38. The van der Waals surface area contributed by atoms with Gasteiger partial charge in [-0.05, 0) is 56.2 Å². The highest BCUT2D eigenvalue weighted by Crippen LogP contribution is 2.51. The molecule has 2 aliphatic heterocycles. The average Bonchev–Trinajstić information content (AvgIpc) is 2.83. The molecule has 3 atom stereocenters. The topological polar surface area (TPSA) is 72.5 Å². The third kappa shape index (κ3) is 4.33. The minimum absolute atomic E-state index is 0.0314. The van der Waals surface area contributed by atoms with E-state index in [0.29, 0.717) is 47.7 Å². The van der Waals surface area contributed by atoms with Crippen LogP contribution in [0.5, 0.6) is 23.0 Å². The fraction of sp³-hybridized carbons (Fsp3) is 0.462. The van der Waals surface area contributed by atoms with Crippen molar-refractivity contribution < 1.29 is 23.7 Å². The van der Waals surface area contributed by atoms with Crippen molar-refractivity contribution in [2.75, 3.05) is 41.5 Å². The van der Waals surface area contributed by atoms with Crippen LogP contribution in [0.2, 0.25) is 0 Å². The molecule has 2 aromatic carbocycles. The number of hydrogen-bond acceptors (Lipinski definition) is 6. The largest absolute Gasteiger partial charge is 0.493 e. The van der Waals surface area contributed by atoms with E-state index in [9.17, 15) is 4.79 Å². The maximum absolute atomic E-state index is 13.5. The molecule has 2 aliphatic rings. The predicted molar refractivity (Wildman–Crippen MR) is 137 cm³/mol. The maximum Gasteiger partial charge on any atom is 0.233 e. The smallest absolute Gasteiger partial charge is 0.233 e. The predicted octanol–water partition coefficient (Wildman–Crippen LogP) is 3.39. The number of rotatable bonds is 8. The molecule has 188 valence electrons. The van der Waals surface area contributed by atoms with E-state index >= 15 is 0 Å². The van der Waals surface area contributed by atoms with E-state index in [2.05, 4.69) is 5.32 Å². The quantitative estimate of drug-likeness (QED) is 0.555. The normalized spacial score (nSPS) is 22.5. The van der Waals surface area contributed by atoms with Crippen LogP contribution in [0.1, 0.15) is 31.0 Å². The SMILES string of the molecule is CCOc1cccc2c1OC1(C)C(C(=O)N(C)C)C2NC(=S)N1CCc1ccc(OC)c(OC)c1. The van der Waals surface area contributed by atoms with Crippen LogP contribution in [0.25, 0.3) is 0 Å². The highest BCUT2D eigenvalue weighted by atomic mass is 32.1. The number of hydrogen-bond donors (Lipinski definition) is 1. The van der Waals surface area contributed by atoms with Gasteiger partial charge in [-0.3, -0.25) is 4.79 Å². The lowest BCUT2D eigenvalue weighted by atomic mass is 9.78. The van der Waals surface area contributed by atoms with E-state index in [0.717, 1.165) is 11.1 Å². The van der Waals surface area contributed by atoms with Crippen LogP contribution in [0.3, 0.4) is 0 Å². The van der Waals surface area contributed by atoms with Gasteiger partial charge in [-0.25, -0.2) is 0 Å². The Morgan fingerprint density at radius 2 is 1.91 bits per heavy atom. The van der Waals surface area contributed by atoms with Gasteiger partial charge >= 0.3 is 0 Å². The zero-order chi connectivity index (χ0) is 25.3. The summed E-state index contributed by atoms with van der Waals surface area (Å²) >= 11 is 5.81. The Kier molecular flexibility index (Phi) is 6.98. The second kappa shape index (κ2) is 9.81. The van der Waals surface area contributed by atoms with Crippen molar-refractivity contribution >= 4 is 23.2 Å². The van der Waals surface area contributed by atoms with Gasteiger partial charge in [0.25, 0.3) is 0 Å². The van der Waals surface area contributed by atoms with Crippen LogP contribution in [-0.2, 0) is 11.2 Å². The molecule has 4 rings (SSSR count). The summed E-state index contributed by atoms with van der Waals surface area (Å²) in [6.07, 6.45) is 0.661. The molecule has 0 saturated carbocycles. The molecule has 2 bridgehead atoms. The first-order valence-electron chi connectivity index (χ1n) is 11.7. The fourth-order valence-electron chi connectivity index (χ4n) is 4.96. The van der Waals surface area contributed by atoms with E-state index in [-0.39, 0.29) is 11.9 Å². The Morgan fingerprint density at radius 3 is 2.57 bits per heavy atom. The number of carbonyl (C=O) groups is 1. The Balaban J connectivity index is 1.72. The third-order valence-corrected chi connectivity index (χ3v) is 7.04. The van der Waals surface area contributed by atoms with E-state index in [1.165, 1.54) is 0 Å². The summed E-state index contributed by atoms with van der Waals surface area (Å²) in [7, 11) is 6.76. The first kappa shape index (κ1) is 24.9. The number of nitrogens with one attached hydrogen (secondary N) is 1. The van der Waals surface area contributed by atoms with Crippen molar-refractivity contribution in [1.82, 2.24) is 15.1 Å². The summed E-state index contributed by atoms with van der Waals surface area (Å²) in [6, 6.07) is 11.3.